The van der Waals surface area contributed by atoms with Crippen LogP contribution in [-0.4, -0.2) is 46.8 Å². The Bertz CT molecular complexity index is 1190. The molecule has 0 aromatic heterocycles. The monoisotopic (exact) mass is 519 g/mol. The number of halogens is 3. The summed E-state index contributed by atoms with van der Waals surface area (Å²) in [6.07, 6.45) is 2.91. The van der Waals surface area contributed by atoms with Crippen molar-refractivity contribution < 1.29 is 28.2 Å². The molecule has 3 saturated carbocycles. The maximum absolute atomic E-state index is 13.6. The molecule has 3 aliphatic carbocycles. The van der Waals surface area contributed by atoms with Gasteiger partial charge in [0.05, 0.1) is 16.7 Å². The van der Waals surface area contributed by atoms with Gasteiger partial charge in [-0.15, -0.1) is 0 Å². The van der Waals surface area contributed by atoms with Crippen LogP contribution in [0.15, 0.2) is 36.4 Å². The van der Waals surface area contributed by atoms with E-state index in [9.17, 15) is 23.5 Å². The largest absolute Gasteiger partial charge is 0.484 e. The Labute approximate surface area is 212 Å². The van der Waals surface area contributed by atoms with Crippen molar-refractivity contribution in [2.75, 3.05) is 11.9 Å². The first-order valence-electron chi connectivity index (χ1n) is 12.1. The Morgan fingerprint density at radius 2 is 1.89 bits per heavy atom. The predicted octanol–water partition coefficient (Wildman–Crippen LogP) is 3.47. The van der Waals surface area contributed by atoms with Crippen LogP contribution in [0.4, 0.5) is 14.5 Å². The molecule has 0 saturated heterocycles. The average molecular weight is 520 g/mol. The zero-order valence-electron chi connectivity index (χ0n) is 19.6. The number of aryl methyl sites for hydroxylation is 1. The first kappa shape index (κ1) is 24.8. The first-order valence-corrected chi connectivity index (χ1v) is 12.5. The van der Waals surface area contributed by atoms with Gasteiger partial charge < -0.3 is 25.8 Å². The molecular weight excluding hydrogens is 492 g/mol. The fraction of sp³-hybridized carbons (Fsp3) is 0.462. The number of fused-ring (bicyclic) bond motifs is 4. The van der Waals surface area contributed by atoms with Gasteiger partial charge in [-0.2, -0.15) is 0 Å². The zero-order valence-corrected chi connectivity index (χ0v) is 20.3. The number of carbonyl (C=O) groups is 2. The van der Waals surface area contributed by atoms with Gasteiger partial charge in [0.15, 0.2) is 6.61 Å². The third kappa shape index (κ3) is 4.86. The van der Waals surface area contributed by atoms with E-state index in [2.05, 4.69) is 16.0 Å². The van der Waals surface area contributed by atoms with Crippen LogP contribution in [0.1, 0.15) is 44.1 Å². The minimum absolute atomic E-state index is 0.0340. The summed E-state index contributed by atoms with van der Waals surface area (Å²) >= 11 is 5.66. The van der Waals surface area contributed by atoms with Crippen LogP contribution in [-0.2, 0) is 16.0 Å². The van der Waals surface area contributed by atoms with E-state index < -0.39 is 34.9 Å². The molecule has 4 N–H and O–H groups in total. The molecular formula is C26H28ClF2N3O4. The molecule has 0 spiro atoms. The van der Waals surface area contributed by atoms with E-state index in [0.29, 0.717) is 44.9 Å². The number of benzene rings is 2. The molecule has 2 aromatic rings. The average Bonchev–Trinajstić information content (AvgIpc) is 2.85. The molecule has 4 aliphatic rings. The Hall–Kier alpha value is -2.91. The number of nitrogens with one attached hydrogen (secondary N) is 3. The molecule has 10 heteroatoms. The molecule has 36 heavy (non-hydrogen) atoms. The number of hydrogen-bond donors (Lipinski definition) is 4. The normalized spacial score (nSPS) is 28.6. The highest BCUT2D eigenvalue weighted by atomic mass is 35.5. The fourth-order valence-corrected chi connectivity index (χ4v) is 5.82. The second-order valence-electron chi connectivity index (χ2n) is 10.1. The Kier molecular flexibility index (Phi) is 6.55. The molecule has 192 valence electrons. The van der Waals surface area contributed by atoms with Gasteiger partial charge in [0.25, 0.3) is 5.91 Å². The van der Waals surface area contributed by atoms with Crippen molar-refractivity contribution in [2.45, 2.75) is 68.2 Å². The predicted molar refractivity (Wildman–Crippen MR) is 130 cm³/mol. The van der Waals surface area contributed by atoms with Crippen LogP contribution in [0.3, 0.4) is 0 Å². The summed E-state index contributed by atoms with van der Waals surface area (Å²) in [6.45, 7) is -0.323. The summed E-state index contributed by atoms with van der Waals surface area (Å²) in [5.74, 6) is -1.30. The molecule has 1 heterocycles. The topological polar surface area (TPSA) is 99.7 Å². The molecule has 2 amide bonds. The Balaban J connectivity index is 1.16. The minimum atomic E-state index is -0.833. The van der Waals surface area contributed by atoms with Gasteiger partial charge in [0.2, 0.25) is 5.91 Å². The molecule has 3 fully saturated rings. The van der Waals surface area contributed by atoms with Gasteiger partial charge >= 0.3 is 0 Å². The second-order valence-corrected chi connectivity index (χ2v) is 10.5. The van der Waals surface area contributed by atoms with Crippen molar-refractivity contribution in [2.24, 2.45) is 0 Å². The molecule has 2 aromatic carbocycles. The lowest BCUT2D eigenvalue weighted by molar-refractivity contribution is -0.136. The van der Waals surface area contributed by atoms with E-state index in [0.717, 1.165) is 17.3 Å². The molecule has 2 bridgehead atoms. The van der Waals surface area contributed by atoms with Gasteiger partial charge in [-0.25, -0.2) is 8.78 Å². The maximum Gasteiger partial charge on any atom is 0.258 e. The van der Waals surface area contributed by atoms with Crippen molar-refractivity contribution in [3.05, 3.63) is 58.6 Å². The summed E-state index contributed by atoms with van der Waals surface area (Å²) in [5, 5.41) is 20.2. The Morgan fingerprint density at radius 3 is 2.61 bits per heavy atom. The highest BCUT2D eigenvalue weighted by Crippen LogP contribution is 2.47. The lowest BCUT2D eigenvalue weighted by Gasteiger charge is -2.56. The van der Waals surface area contributed by atoms with Gasteiger partial charge in [0.1, 0.15) is 23.4 Å². The standard InChI is InChI=1S/C26H28ClF2N3O4/c27-18-4-3-17(12-19(18)29)36-14-23(34)31-26-9-7-25(8-10-26,13-22(26)33)32-24(35)21-5-1-15-11-16(28)2-6-20(15)30-21/h2-4,6,11-12,21-22,30,33H,1,5,7-10,13-14H2,(H,31,34)(H,32,35)/t21?,22-,25?,26?/m0/s1. The molecule has 1 unspecified atom stereocenters. The summed E-state index contributed by atoms with van der Waals surface area (Å²) in [4.78, 5) is 25.7. The molecule has 6 rings (SSSR count). The number of hydrogen-bond acceptors (Lipinski definition) is 5. The number of ether oxygens (including phenoxy) is 1. The van der Waals surface area contributed by atoms with Crippen molar-refractivity contribution in [3.63, 3.8) is 0 Å². The number of aliphatic hydroxyl groups is 1. The Morgan fingerprint density at radius 1 is 1.11 bits per heavy atom. The summed E-state index contributed by atoms with van der Waals surface area (Å²) < 4.78 is 32.4. The lowest BCUT2D eigenvalue weighted by Crippen LogP contribution is -2.71. The van der Waals surface area contributed by atoms with Crippen LogP contribution >= 0.6 is 11.6 Å². The van der Waals surface area contributed by atoms with E-state index in [1.807, 2.05) is 0 Å². The van der Waals surface area contributed by atoms with Crippen LogP contribution in [0.25, 0.3) is 0 Å². The highest BCUT2D eigenvalue weighted by Gasteiger charge is 2.55. The van der Waals surface area contributed by atoms with Crippen LogP contribution in [0.5, 0.6) is 5.75 Å². The van der Waals surface area contributed by atoms with Crippen LogP contribution in [0, 0.1) is 11.6 Å². The van der Waals surface area contributed by atoms with Crippen molar-refractivity contribution in [3.8, 4) is 5.75 Å². The molecule has 2 atom stereocenters. The van der Waals surface area contributed by atoms with E-state index >= 15 is 0 Å². The number of carbonyl (C=O) groups excluding carboxylic acids is 2. The number of amides is 2. The van der Waals surface area contributed by atoms with Gasteiger partial charge in [0, 0.05) is 17.3 Å². The van der Waals surface area contributed by atoms with Crippen molar-refractivity contribution in [1.29, 1.82) is 0 Å². The maximum atomic E-state index is 13.6. The summed E-state index contributed by atoms with van der Waals surface area (Å²) in [7, 11) is 0. The van der Waals surface area contributed by atoms with Crippen LogP contribution in [0.2, 0.25) is 5.02 Å². The van der Waals surface area contributed by atoms with Crippen molar-refractivity contribution in [1.82, 2.24) is 10.6 Å². The number of aliphatic hydroxyl groups excluding tert-OH is 1. The lowest BCUT2D eigenvalue weighted by atomic mass is 9.59. The van der Waals surface area contributed by atoms with Crippen LogP contribution < -0.4 is 20.7 Å². The van der Waals surface area contributed by atoms with E-state index in [-0.39, 0.29) is 29.1 Å². The van der Waals surface area contributed by atoms with E-state index in [1.165, 1.54) is 24.3 Å². The highest BCUT2D eigenvalue weighted by molar-refractivity contribution is 6.30. The van der Waals surface area contributed by atoms with E-state index in [4.69, 9.17) is 16.3 Å². The number of rotatable bonds is 6. The third-order valence-electron chi connectivity index (χ3n) is 7.77. The van der Waals surface area contributed by atoms with Crippen molar-refractivity contribution >= 4 is 29.1 Å². The zero-order chi connectivity index (χ0) is 25.5. The minimum Gasteiger partial charge on any atom is -0.484 e. The SMILES string of the molecule is O=C(COc1ccc(Cl)c(F)c1)NC12CCC(NC(=O)C3CCc4cc(F)ccc4N3)(CC1)C[C@@H]2O. The molecule has 1 aliphatic heterocycles. The van der Waals surface area contributed by atoms with E-state index in [1.54, 1.807) is 6.07 Å². The van der Waals surface area contributed by atoms with Gasteiger partial charge in [-0.1, -0.05) is 11.6 Å². The summed E-state index contributed by atoms with van der Waals surface area (Å²) in [6, 6.07) is 8.01. The molecule has 7 nitrogen and oxygen atoms in total. The number of anilines is 1. The first-order chi connectivity index (χ1) is 17.2. The van der Waals surface area contributed by atoms with Gasteiger partial charge in [-0.3, -0.25) is 9.59 Å². The molecule has 0 radical (unpaired) electrons. The smallest absolute Gasteiger partial charge is 0.258 e. The quantitative estimate of drug-likeness (QED) is 0.468. The summed E-state index contributed by atoms with van der Waals surface area (Å²) in [5.41, 5.74) is 0.293. The third-order valence-corrected chi connectivity index (χ3v) is 8.08. The van der Waals surface area contributed by atoms with Gasteiger partial charge in [-0.05, 0) is 80.8 Å². The fourth-order valence-electron chi connectivity index (χ4n) is 5.71. The second kappa shape index (κ2) is 9.52.